The predicted octanol–water partition coefficient (Wildman–Crippen LogP) is 5.10. The van der Waals surface area contributed by atoms with Gasteiger partial charge in [0.15, 0.2) is 17.3 Å². The number of carbonyl (C=O) groups is 1. The Morgan fingerprint density at radius 2 is 1.88 bits per heavy atom. The van der Waals surface area contributed by atoms with E-state index in [0.717, 1.165) is 0 Å². The second-order valence-corrected chi connectivity index (χ2v) is 8.77. The number of hydrazone groups is 1. The molecule has 0 radical (unpaired) electrons. The third kappa shape index (κ3) is 5.00. The molecule has 1 amide bonds. The highest BCUT2D eigenvalue weighted by Crippen LogP contribution is 2.37. The van der Waals surface area contributed by atoms with Crippen molar-refractivity contribution >= 4 is 63.0 Å². The van der Waals surface area contributed by atoms with Crippen molar-refractivity contribution in [2.24, 2.45) is 10.1 Å². The van der Waals surface area contributed by atoms with Crippen LogP contribution in [0.2, 0.25) is 10.0 Å². The van der Waals surface area contributed by atoms with E-state index in [1.54, 1.807) is 31.2 Å². The van der Waals surface area contributed by atoms with E-state index in [9.17, 15) is 4.79 Å². The number of rotatable bonds is 7. The van der Waals surface area contributed by atoms with Gasteiger partial charge in [0.1, 0.15) is 19.0 Å². The van der Waals surface area contributed by atoms with Crippen molar-refractivity contribution in [3.8, 4) is 17.2 Å². The first-order valence-corrected chi connectivity index (χ1v) is 11.3. The van der Waals surface area contributed by atoms with E-state index >= 15 is 0 Å². The molecule has 0 fully saturated rings. The van der Waals surface area contributed by atoms with Gasteiger partial charge in [-0.1, -0.05) is 35.3 Å². The van der Waals surface area contributed by atoms with Crippen LogP contribution in [0.5, 0.6) is 17.2 Å². The maximum Gasteiger partial charge on any atom is 0.283 e. The fourth-order valence-corrected chi connectivity index (χ4v) is 4.27. The number of benzene rings is 2. The van der Waals surface area contributed by atoms with Crippen LogP contribution in [-0.2, 0) is 4.79 Å². The average Bonchev–Trinajstić information content (AvgIpc) is 3.16. The van der Waals surface area contributed by atoms with E-state index in [2.05, 4.69) is 10.1 Å². The molecule has 0 spiro atoms. The largest absolute Gasteiger partial charge is 0.493 e. The summed E-state index contributed by atoms with van der Waals surface area (Å²) in [6.45, 7) is 2.23. The lowest BCUT2D eigenvalue weighted by Gasteiger charge is -2.20. The molecule has 2 aliphatic rings. The summed E-state index contributed by atoms with van der Waals surface area (Å²) in [6, 6.07) is 10.4. The first-order valence-electron chi connectivity index (χ1n) is 9.72. The zero-order valence-corrected chi connectivity index (χ0v) is 19.9. The van der Waals surface area contributed by atoms with Crippen molar-refractivity contribution in [3.63, 3.8) is 0 Å². The molecule has 2 heterocycles. The Morgan fingerprint density at radius 1 is 1.12 bits per heavy atom. The lowest BCUT2D eigenvalue weighted by molar-refractivity contribution is -0.114. The molecule has 2 aliphatic heterocycles. The normalized spacial score (nSPS) is 16.5. The van der Waals surface area contributed by atoms with E-state index in [4.69, 9.17) is 42.8 Å². The maximum absolute atomic E-state index is 12.5. The minimum Gasteiger partial charge on any atom is -0.493 e. The van der Waals surface area contributed by atoms with Crippen LogP contribution < -0.4 is 14.2 Å². The molecule has 1 N–H and O–H groups in total. The Balaban J connectivity index is 1.50. The van der Waals surface area contributed by atoms with Crippen LogP contribution in [0.3, 0.4) is 0 Å². The van der Waals surface area contributed by atoms with Crippen LogP contribution in [0, 0.1) is 5.41 Å². The van der Waals surface area contributed by atoms with Crippen molar-refractivity contribution in [1.29, 1.82) is 5.41 Å². The summed E-state index contributed by atoms with van der Waals surface area (Å²) in [5.41, 5.74) is 0.647. The summed E-state index contributed by atoms with van der Waals surface area (Å²) in [7, 11) is 1.49. The summed E-state index contributed by atoms with van der Waals surface area (Å²) in [6.07, 6.45) is 1.53. The number of amides is 1. The number of aliphatic imine (C=N–C) groups is 1. The van der Waals surface area contributed by atoms with Gasteiger partial charge in [-0.05, 0) is 54.6 Å². The van der Waals surface area contributed by atoms with Gasteiger partial charge in [-0.2, -0.15) is 15.1 Å². The van der Waals surface area contributed by atoms with Crippen LogP contribution >= 0.6 is 35.0 Å². The molecule has 0 atom stereocenters. The zero-order valence-electron chi connectivity index (χ0n) is 17.6. The molecule has 0 unspecified atom stereocenters. The number of ether oxygens (including phenoxy) is 3. The molecule has 8 nitrogen and oxygen atoms in total. The van der Waals surface area contributed by atoms with Gasteiger partial charge in [-0.3, -0.25) is 10.2 Å². The van der Waals surface area contributed by atoms with E-state index in [-0.39, 0.29) is 29.6 Å². The highest BCUT2D eigenvalue weighted by Gasteiger charge is 2.34. The molecule has 0 saturated carbocycles. The summed E-state index contributed by atoms with van der Waals surface area (Å²) < 4.78 is 16.8. The van der Waals surface area contributed by atoms with Gasteiger partial charge in [-0.25, -0.2) is 0 Å². The number of halogens is 2. The Hall–Kier alpha value is -3.01. The van der Waals surface area contributed by atoms with E-state index < -0.39 is 5.91 Å². The standard InChI is InChI=1S/C22H18Cl2N4O4S/c1-12-27-28-20(25)14(21(29)26-22(28)33-12)9-13-10-16(24)19(18(11-13)30-2)32-8-7-31-17-6-4-3-5-15(17)23/h3-6,9-11,25H,7-8H2,1-2H3. The number of methoxy groups -OCH3 is 1. The smallest absolute Gasteiger partial charge is 0.283 e. The fourth-order valence-electron chi connectivity index (χ4n) is 3.07. The monoisotopic (exact) mass is 504 g/mol. The number of carbonyl (C=O) groups excluding carboxylic acids is 1. The van der Waals surface area contributed by atoms with Crippen LogP contribution in [0.4, 0.5) is 0 Å². The van der Waals surface area contributed by atoms with Gasteiger partial charge in [0, 0.05) is 0 Å². The van der Waals surface area contributed by atoms with Crippen LogP contribution in [0.1, 0.15) is 12.5 Å². The molecule has 11 heteroatoms. The van der Waals surface area contributed by atoms with Gasteiger partial charge in [0.05, 0.1) is 27.8 Å². The third-order valence-electron chi connectivity index (χ3n) is 4.54. The maximum atomic E-state index is 12.5. The molecule has 0 saturated heterocycles. The predicted molar refractivity (Wildman–Crippen MR) is 131 cm³/mol. The molecule has 2 aromatic carbocycles. The molecule has 0 bridgehead atoms. The van der Waals surface area contributed by atoms with Crippen LogP contribution in [-0.4, -0.2) is 47.3 Å². The topological polar surface area (TPSA) is 96.6 Å². The van der Waals surface area contributed by atoms with Crippen molar-refractivity contribution in [1.82, 2.24) is 5.01 Å². The molecule has 33 heavy (non-hydrogen) atoms. The number of nitrogens with one attached hydrogen (secondary N) is 1. The number of hydrogen-bond donors (Lipinski definition) is 1. The zero-order chi connectivity index (χ0) is 23.5. The molecular formula is C22H18Cl2N4O4S. The summed E-state index contributed by atoms with van der Waals surface area (Å²) in [5, 5.41) is 15.8. The van der Waals surface area contributed by atoms with E-state index in [0.29, 0.717) is 38.0 Å². The Morgan fingerprint density at radius 3 is 2.64 bits per heavy atom. The molecule has 0 aromatic heterocycles. The van der Waals surface area contributed by atoms with Gasteiger partial charge in [0.2, 0.25) is 5.17 Å². The first kappa shape index (κ1) is 23.2. The highest BCUT2D eigenvalue weighted by molar-refractivity contribution is 8.26. The summed E-state index contributed by atoms with van der Waals surface area (Å²) in [4.78, 5) is 16.5. The fraction of sp³-hybridized carbons (Fsp3) is 0.182. The number of amidine groups is 2. The van der Waals surface area contributed by atoms with Gasteiger partial charge >= 0.3 is 0 Å². The Labute approximate surface area is 204 Å². The minimum atomic E-state index is -0.518. The van der Waals surface area contributed by atoms with Gasteiger partial charge in [-0.15, -0.1) is 0 Å². The molecular weight excluding hydrogens is 487 g/mol. The number of nitrogens with zero attached hydrogens (tertiary/aromatic N) is 3. The summed E-state index contributed by atoms with van der Waals surface area (Å²) >= 11 is 13.8. The lowest BCUT2D eigenvalue weighted by Crippen LogP contribution is -2.35. The minimum absolute atomic E-state index is 0.0542. The Bertz CT molecular complexity index is 1230. The summed E-state index contributed by atoms with van der Waals surface area (Å²) in [5.74, 6) is 0.698. The van der Waals surface area contributed by atoms with E-state index in [1.807, 2.05) is 12.1 Å². The molecule has 4 rings (SSSR count). The van der Waals surface area contributed by atoms with Gasteiger partial charge in [0.25, 0.3) is 5.91 Å². The van der Waals surface area contributed by atoms with Crippen LogP contribution in [0.25, 0.3) is 6.08 Å². The van der Waals surface area contributed by atoms with Crippen molar-refractivity contribution in [3.05, 3.63) is 57.6 Å². The SMILES string of the molecule is COc1cc(C=C2C(=N)N3N=C(C)SC3=NC2=O)cc(Cl)c1OCCOc1ccccc1Cl. The average molecular weight is 505 g/mol. The number of thioether (sulfide) groups is 1. The highest BCUT2D eigenvalue weighted by atomic mass is 35.5. The van der Waals surface area contributed by atoms with Crippen LogP contribution in [0.15, 0.2) is 52.1 Å². The number of fused-ring (bicyclic) bond motifs is 1. The molecule has 2 aromatic rings. The van der Waals surface area contributed by atoms with Crippen molar-refractivity contribution in [2.75, 3.05) is 20.3 Å². The molecule has 170 valence electrons. The second-order valence-electron chi connectivity index (χ2n) is 6.80. The number of para-hydroxylation sites is 1. The lowest BCUT2D eigenvalue weighted by atomic mass is 10.1. The van der Waals surface area contributed by atoms with Gasteiger partial charge < -0.3 is 14.2 Å². The third-order valence-corrected chi connectivity index (χ3v) is 5.96. The van der Waals surface area contributed by atoms with E-state index in [1.165, 1.54) is 30.0 Å². The first-order chi connectivity index (χ1) is 15.9. The van der Waals surface area contributed by atoms with Crippen molar-refractivity contribution in [2.45, 2.75) is 6.92 Å². The second kappa shape index (κ2) is 9.86. The quantitative estimate of drug-likeness (QED) is 0.416. The Kier molecular flexibility index (Phi) is 6.92. The van der Waals surface area contributed by atoms with Crippen molar-refractivity contribution < 1.29 is 19.0 Å². The number of hydrogen-bond acceptors (Lipinski definition) is 7. The molecule has 0 aliphatic carbocycles.